The van der Waals surface area contributed by atoms with Gasteiger partial charge in [-0.3, -0.25) is 9.59 Å². The fourth-order valence-corrected chi connectivity index (χ4v) is 5.17. The lowest BCUT2D eigenvalue weighted by molar-refractivity contribution is -0.134. The Labute approximate surface area is 214 Å². The van der Waals surface area contributed by atoms with E-state index < -0.39 is 0 Å². The standard InChI is InChI=1S/C31H37N3O2/c1-24(35)33-29(20-25-10-4-2-5-11-25)22-28-15-9-8-14-27(28)16-17-31(36)34-19-18-32-23-30(34)21-26-12-6-3-7-13-26/h2-15,29-30,32H,16-23H2,1H3,(H,33,35). The topological polar surface area (TPSA) is 61.4 Å². The van der Waals surface area contributed by atoms with Crippen LogP contribution in [0.2, 0.25) is 0 Å². The zero-order valence-electron chi connectivity index (χ0n) is 21.2. The summed E-state index contributed by atoms with van der Waals surface area (Å²) in [6.07, 6.45) is 3.58. The Morgan fingerprint density at radius 3 is 2.22 bits per heavy atom. The Balaban J connectivity index is 1.40. The number of carbonyl (C=O) groups is 2. The van der Waals surface area contributed by atoms with Crippen molar-refractivity contribution in [3.05, 3.63) is 107 Å². The van der Waals surface area contributed by atoms with Gasteiger partial charge in [-0.15, -0.1) is 0 Å². The predicted molar refractivity (Wildman–Crippen MR) is 145 cm³/mol. The Morgan fingerprint density at radius 1 is 0.889 bits per heavy atom. The molecule has 1 aliphatic rings. The van der Waals surface area contributed by atoms with Gasteiger partial charge in [0.15, 0.2) is 0 Å². The molecule has 0 radical (unpaired) electrons. The van der Waals surface area contributed by atoms with Crippen molar-refractivity contribution in [3.8, 4) is 0 Å². The first-order valence-electron chi connectivity index (χ1n) is 13.0. The number of nitrogens with zero attached hydrogens (tertiary/aromatic N) is 1. The molecule has 0 spiro atoms. The van der Waals surface area contributed by atoms with Crippen LogP contribution in [0, 0.1) is 0 Å². The van der Waals surface area contributed by atoms with Gasteiger partial charge in [0.05, 0.1) is 0 Å². The van der Waals surface area contributed by atoms with E-state index in [1.54, 1.807) is 6.92 Å². The van der Waals surface area contributed by atoms with Crippen LogP contribution in [0.4, 0.5) is 0 Å². The summed E-state index contributed by atoms with van der Waals surface area (Å²) in [4.78, 5) is 27.3. The van der Waals surface area contributed by atoms with Crippen molar-refractivity contribution in [1.29, 1.82) is 0 Å². The Bertz CT molecular complexity index is 1120. The van der Waals surface area contributed by atoms with E-state index in [1.165, 1.54) is 22.3 Å². The Hall–Kier alpha value is -3.44. The van der Waals surface area contributed by atoms with E-state index in [9.17, 15) is 9.59 Å². The van der Waals surface area contributed by atoms with Crippen LogP contribution in [0.3, 0.4) is 0 Å². The van der Waals surface area contributed by atoms with Crippen LogP contribution in [0.15, 0.2) is 84.9 Å². The van der Waals surface area contributed by atoms with Gasteiger partial charge in [-0.05, 0) is 47.9 Å². The van der Waals surface area contributed by atoms with E-state index in [-0.39, 0.29) is 23.9 Å². The first-order chi connectivity index (χ1) is 17.6. The number of carbonyl (C=O) groups excluding carboxylic acids is 2. The maximum absolute atomic E-state index is 13.3. The molecule has 5 heteroatoms. The molecule has 0 aliphatic carbocycles. The first kappa shape index (κ1) is 25.6. The van der Waals surface area contributed by atoms with E-state index in [4.69, 9.17) is 0 Å². The lowest BCUT2D eigenvalue weighted by Crippen LogP contribution is -2.54. The molecule has 1 saturated heterocycles. The normalized spacial score (nSPS) is 16.4. The van der Waals surface area contributed by atoms with Crippen LogP contribution >= 0.6 is 0 Å². The minimum atomic E-state index is -0.0215. The second kappa shape index (κ2) is 13.0. The highest BCUT2D eigenvalue weighted by Crippen LogP contribution is 2.18. The number of amides is 2. The summed E-state index contributed by atoms with van der Waals surface area (Å²) in [7, 11) is 0. The summed E-state index contributed by atoms with van der Waals surface area (Å²) in [5.41, 5.74) is 4.84. The van der Waals surface area contributed by atoms with Gasteiger partial charge in [-0.1, -0.05) is 84.9 Å². The van der Waals surface area contributed by atoms with Gasteiger partial charge in [0, 0.05) is 45.1 Å². The monoisotopic (exact) mass is 483 g/mol. The smallest absolute Gasteiger partial charge is 0.223 e. The molecule has 1 aliphatic heterocycles. The van der Waals surface area contributed by atoms with E-state index in [2.05, 4.69) is 64.1 Å². The highest BCUT2D eigenvalue weighted by atomic mass is 16.2. The van der Waals surface area contributed by atoms with Gasteiger partial charge in [-0.25, -0.2) is 0 Å². The van der Waals surface area contributed by atoms with Gasteiger partial charge in [0.1, 0.15) is 0 Å². The summed E-state index contributed by atoms with van der Waals surface area (Å²) >= 11 is 0. The lowest BCUT2D eigenvalue weighted by atomic mass is 9.93. The maximum atomic E-state index is 13.3. The van der Waals surface area contributed by atoms with Crippen molar-refractivity contribution in [1.82, 2.24) is 15.5 Å². The third kappa shape index (κ3) is 7.53. The molecule has 3 aromatic carbocycles. The molecule has 0 saturated carbocycles. The van der Waals surface area contributed by atoms with Crippen molar-refractivity contribution in [2.45, 2.75) is 51.1 Å². The van der Waals surface area contributed by atoms with Gasteiger partial charge >= 0.3 is 0 Å². The maximum Gasteiger partial charge on any atom is 0.223 e. The highest BCUT2D eigenvalue weighted by molar-refractivity contribution is 5.77. The molecule has 2 atom stereocenters. The van der Waals surface area contributed by atoms with Crippen LogP contribution in [0.5, 0.6) is 0 Å². The second-order valence-corrected chi connectivity index (χ2v) is 9.69. The molecule has 2 unspecified atom stereocenters. The third-order valence-corrected chi connectivity index (χ3v) is 6.91. The van der Waals surface area contributed by atoms with Gasteiger partial charge < -0.3 is 15.5 Å². The molecule has 2 amide bonds. The Kier molecular flexibility index (Phi) is 9.28. The number of nitrogens with one attached hydrogen (secondary N) is 2. The molecular formula is C31H37N3O2. The highest BCUT2D eigenvalue weighted by Gasteiger charge is 2.26. The minimum absolute atomic E-state index is 0.00479. The number of piperazine rings is 1. The van der Waals surface area contributed by atoms with Gasteiger partial charge in [0.2, 0.25) is 11.8 Å². The van der Waals surface area contributed by atoms with Crippen LogP contribution in [-0.4, -0.2) is 48.4 Å². The summed E-state index contributed by atoms with van der Waals surface area (Å²) < 4.78 is 0. The molecule has 3 aromatic rings. The lowest BCUT2D eigenvalue weighted by Gasteiger charge is -2.36. The SMILES string of the molecule is CC(=O)NC(Cc1ccccc1)Cc1ccccc1CCC(=O)N1CCNCC1Cc1ccccc1. The quantitative estimate of drug-likeness (QED) is 0.459. The van der Waals surface area contributed by atoms with E-state index in [0.29, 0.717) is 12.8 Å². The largest absolute Gasteiger partial charge is 0.353 e. The van der Waals surface area contributed by atoms with E-state index in [1.807, 2.05) is 36.4 Å². The molecule has 1 fully saturated rings. The molecule has 0 bridgehead atoms. The Morgan fingerprint density at radius 2 is 1.53 bits per heavy atom. The predicted octanol–water partition coefficient (Wildman–Crippen LogP) is 3.95. The van der Waals surface area contributed by atoms with Gasteiger partial charge in [-0.2, -0.15) is 0 Å². The van der Waals surface area contributed by atoms with Gasteiger partial charge in [0.25, 0.3) is 0 Å². The van der Waals surface area contributed by atoms with Crippen molar-refractivity contribution in [2.75, 3.05) is 19.6 Å². The van der Waals surface area contributed by atoms with Crippen LogP contribution in [0.1, 0.15) is 35.6 Å². The molecule has 188 valence electrons. The zero-order chi connectivity index (χ0) is 25.2. The summed E-state index contributed by atoms with van der Waals surface area (Å²) in [5, 5.41) is 6.58. The average Bonchev–Trinajstić information content (AvgIpc) is 2.89. The van der Waals surface area contributed by atoms with Crippen molar-refractivity contribution in [2.24, 2.45) is 0 Å². The second-order valence-electron chi connectivity index (χ2n) is 9.69. The molecular weight excluding hydrogens is 446 g/mol. The average molecular weight is 484 g/mol. The first-order valence-corrected chi connectivity index (χ1v) is 13.0. The third-order valence-electron chi connectivity index (χ3n) is 6.91. The number of aryl methyl sites for hydroxylation is 1. The van der Waals surface area contributed by atoms with E-state index in [0.717, 1.165) is 38.9 Å². The summed E-state index contributed by atoms with van der Waals surface area (Å²) in [6.45, 7) is 3.99. The molecule has 4 rings (SSSR count). The number of hydrogen-bond acceptors (Lipinski definition) is 3. The van der Waals surface area contributed by atoms with Crippen molar-refractivity contribution < 1.29 is 9.59 Å². The van der Waals surface area contributed by atoms with Crippen LogP contribution in [0.25, 0.3) is 0 Å². The number of benzene rings is 3. The molecule has 2 N–H and O–H groups in total. The fourth-order valence-electron chi connectivity index (χ4n) is 5.17. The molecule has 0 aromatic heterocycles. The molecule has 5 nitrogen and oxygen atoms in total. The van der Waals surface area contributed by atoms with Crippen LogP contribution < -0.4 is 10.6 Å². The zero-order valence-corrected chi connectivity index (χ0v) is 21.2. The minimum Gasteiger partial charge on any atom is -0.353 e. The summed E-state index contributed by atoms with van der Waals surface area (Å²) in [6, 6.07) is 29.2. The number of hydrogen-bond donors (Lipinski definition) is 2. The van der Waals surface area contributed by atoms with Crippen molar-refractivity contribution >= 4 is 11.8 Å². The molecule has 36 heavy (non-hydrogen) atoms. The fraction of sp³-hybridized carbons (Fsp3) is 0.355. The van der Waals surface area contributed by atoms with Crippen molar-refractivity contribution in [3.63, 3.8) is 0 Å². The molecule has 1 heterocycles. The van der Waals surface area contributed by atoms with Crippen LogP contribution in [-0.2, 0) is 35.3 Å². The summed E-state index contributed by atoms with van der Waals surface area (Å²) in [5.74, 6) is 0.196. The number of rotatable bonds is 10. The van der Waals surface area contributed by atoms with E-state index >= 15 is 0 Å².